The van der Waals surface area contributed by atoms with Gasteiger partial charge in [-0.1, -0.05) is 15.9 Å². The Morgan fingerprint density at radius 3 is 2.75 bits per heavy atom. The first-order chi connectivity index (χ1) is 9.47. The molecule has 0 aliphatic carbocycles. The van der Waals surface area contributed by atoms with Gasteiger partial charge in [-0.3, -0.25) is 4.79 Å². The van der Waals surface area contributed by atoms with Crippen molar-refractivity contribution in [2.45, 2.75) is 13.0 Å². The summed E-state index contributed by atoms with van der Waals surface area (Å²) in [5, 5.41) is 14.5. The molecule has 1 unspecified atom stereocenters. The zero-order valence-corrected chi connectivity index (χ0v) is 12.7. The molecule has 6 nitrogen and oxygen atoms in total. The predicted octanol–water partition coefficient (Wildman–Crippen LogP) is 1.41. The number of rotatable bonds is 5. The molecule has 1 aromatic carbocycles. The highest BCUT2D eigenvalue weighted by molar-refractivity contribution is 9.10. The molecule has 0 bridgehead atoms. The third-order valence-corrected chi connectivity index (χ3v) is 2.96. The van der Waals surface area contributed by atoms with Crippen LogP contribution in [0, 0.1) is 11.3 Å². The van der Waals surface area contributed by atoms with E-state index in [1.807, 2.05) is 6.07 Å². The van der Waals surface area contributed by atoms with E-state index in [9.17, 15) is 9.59 Å². The maximum Gasteiger partial charge on any atom is 0.330 e. The van der Waals surface area contributed by atoms with E-state index in [0.29, 0.717) is 11.3 Å². The predicted molar refractivity (Wildman–Crippen MR) is 77.0 cm³/mol. The number of carbonyl (C=O) groups is 2. The largest absolute Gasteiger partial charge is 0.467 e. The zero-order valence-electron chi connectivity index (χ0n) is 11.1. The van der Waals surface area contributed by atoms with Gasteiger partial charge in [0.1, 0.15) is 12.1 Å². The van der Waals surface area contributed by atoms with Crippen molar-refractivity contribution in [2.24, 2.45) is 0 Å². The lowest BCUT2D eigenvalue weighted by atomic mass is 10.2. The molecular weight excluding hydrogens is 326 g/mol. The van der Waals surface area contributed by atoms with Crippen molar-refractivity contribution in [3.63, 3.8) is 0 Å². The second kappa shape index (κ2) is 7.50. The number of anilines is 1. The minimum atomic E-state index is -0.812. The molecule has 1 rings (SSSR count). The van der Waals surface area contributed by atoms with E-state index in [1.165, 1.54) is 14.0 Å². The van der Waals surface area contributed by atoms with Crippen LogP contribution in [0.15, 0.2) is 22.7 Å². The van der Waals surface area contributed by atoms with E-state index in [-0.39, 0.29) is 12.5 Å². The Morgan fingerprint density at radius 1 is 1.50 bits per heavy atom. The summed E-state index contributed by atoms with van der Waals surface area (Å²) in [6, 6.07) is 6.38. The van der Waals surface area contributed by atoms with E-state index >= 15 is 0 Å². The molecule has 1 amide bonds. The molecule has 0 aliphatic rings. The summed E-state index contributed by atoms with van der Waals surface area (Å²) in [6.07, 6.45) is 0. The molecule has 7 heteroatoms. The van der Waals surface area contributed by atoms with Gasteiger partial charge in [0.05, 0.1) is 18.4 Å². The standard InChI is InChI=1S/C13H14BrN3O3/c1-8(18)17-12(13(19)20-2)7-16-11-4-3-10(14)5-9(11)6-15/h3-5,12,16H,7H2,1-2H3,(H,17,18). The Labute approximate surface area is 125 Å². The van der Waals surface area contributed by atoms with Crippen LogP contribution in [0.1, 0.15) is 12.5 Å². The van der Waals surface area contributed by atoms with Crippen molar-refractivity contribution in [3.05, 3.63) is 28.2 Å². The molecule has 1 atom stereocenters. The van der Waals surface area contributed by atoms with E-state index in [2.05, 4.69) is 31.3 Å². The van der Waals surface area contributed by atoms with Crippen LogP contribution < -0.4 is 10.6 Å². The lowest BCUT2D eigenvalue weighted by molar-refractivity contribution is -0.144. The van der Waals surface area contributed by atoms with Crippen molar-refractivity contribution in [3.8, 4) is 6.07 Å². The number of hydrogen-bond acceptors (Lipinski definition) is 5. The minimum Gasteiger partial charge on any atom is -0.467 e. The second-order valence-corrected chi connectivity index (χ2v) is 4.87. The molecule has 0 aromatic heterocycles. The SMILES string of the molecule is COC(=O)C(CNc1ccc(Br)cc1C#N)NC(C)=O. The number of ether oxygens (including phenoxy) is 1. The first-order valence-electron chi connectivity index (χ1n) is 5.76. The van der Waals surface area contributed by atoms with Crippen LogP contribution in [0.3, 0.4) is 0 Å². The van der Waals surface area contributed by atoms with Crippen LogP contribution in [-0.2, 0) is 14.3 Å². The average Bonchev–Trinajstić information content (AvgIpc) is 2.42. The number of benzene rings is 1. The summed E-state index contributed by atoms with van der Waals surface area (Å²) < 4.78 is 5.39. The highest BCUT2D eigenvalue weighted by atomic mass is 79.9. The summed E-state index contributed by atoms with van der Waals surface area (Å²) in [6.45, 7) is 1.44. The molecular formula is C13H14BrN3O3. The maximum absolute atomic E-state index is 11.5. The molecule has 0 fully saturated rings. The molecule has 0 aliphatic heterocycles. The Balaban J connectivity index is 2.80. The Kier molecular flexibility index (Phi) is 6.00. The fraction of sp³-hybridized carbons (Fsp3) is 0.308. The monoisotopic (exact) mass is 339 g/mol. The molecule has 0 heterocycles. The van der Waals surface area contributed by atoms with E-state index in [1.54, 1.807) is 18.2 Å². The smallest absolute Gasteiger partial charge is 0.330 e. The van der Waals surface area contributed by atoms with Crippen molar-refractivity contribution < 1.29 is 14.3 Å². The number of methoxy groups -OCH3 is 1. The van der Waals surface area contributed by atoms with Gasteiger partial charge in [-0.15, -0.1) is 0 Å². The quantitative estimate of drug-likeness (QED) is 0.791. The number of nitrogens with zero attached hydrogens (tertiary/aromatic N) is 1. The molecule has 20 heavy (non-hydrogen) atoms. The molecule has 0 saturated heterocycles. The van der Waals surface area contributed by atoms with Crippen molar-refractivity contribution in [2.75, 3.05) is 19.0 Å². The summed E-state index contributed by atoms with van der Waals surface area (Å²) in [4.78, 5) is 22.6. The van der Waals surface area contributed by atoms with E-state index in [4.69, 9.17) is 5.26 Å². The van der Waals surface area contributed by atoms with Gasteiger partial charge in [0.15, 0.2) is 0 Å². The topological polar surface area (TPSA) is 91.2 Å². The highest BCUT2D eigenvalue weighted by Gasteiger charge is 2.20. The average molecular weight is 340 g/mol. The number of carbonyl (C=O) groups excluding carboxylic acids is 2. The minimum absolute atomic E-state index is 0.128. The summed E-state index contributed by atoms with van der Waals surface area (Å²) >= 11 is 3.27. The number of esters is 1. The summed E-state index contributed by atoms with van der Waals surface area (Å²) in [5.41, 5.74) is 1.01. The number of hydrogen-bond donors (Lipinski definition) is 2. The molecule has 106 valence electrons. The summed E-state index contributed by atoms with van der Waals surface area (Å²) in [5.74, 6) is -0.887. The van der Waals surface area contributed by atoms with Gasteiger partial charge in [0.25, 0.3) is 0 Å². The lowest BCUT2D eigenvalue weighted by Crippen LogP contribution is -2.45. The zero-order chi connectivity index (χ0) is 15.1. The first kappa shape index (κ1) is 16.0. The normalized spacial score (nSPS) is 11.1. The van der Waals surface area contributed by atoms with Gasteiger partial charge >= 0.3 is 5.97 Å². The van der Waals surface area contributed by atoms with Crippen LogP contribution in [0.5, 0.6) is 0 Å². The Bertz CT molecular complexity index is 554. The number of nitrogens with one attached hydrogen (secondary N) is 2. The third-order valence-electron chi connectivity index (χ3n) is 2.46. The maximum atomic E-state index is 11.5. The van der Waals surface area contributed by atoms with E-state index < -0.39 is 12.0 Å². The van der Waals surface area contributed by atoms with Crippen molar-refractivity contribution in [1.82, 2.24) is 5.32 Å². The van der Waals surface area contributed by atoms with Crippen LogP contribution in [0.25, 0.3) is 0 Å². The second-order valence-electron chi connectivity index (χ2n) is 3.96. The highest BCUT2D eigenvalue weighted by Crippen LogP contribution is 2.20. The van der Waals surface area contributed by atoms with Crippen LogP contribution in [-0.4, -0.2) is 31.6 Å². The Hall–Kier alpha value is -2.07. The van der Waals surface area contributed by atoms with Crippen LogP contribution >= 0.6 is 15.9 Å². The van der Waals surface area contributed by atoms with Gasteiger partial charge in [0, 0.05) is 17.9 Å². The van der Waals surface area contributed by atoms with Crippen molar-refractivity contribution in [1.29, 1.82) is 5.26 Å². The summed E-state index contributed by atoms with van der Waals surface area (Å²) in [7, 11) is 1.25. The van der Waals surface area contributed by atoms with Crippen LogP contribution in [0.4, 0.5) is 5.69 Å². The number of halogens is 1. The fourth-order valence-corrected chi connectivity index (χ4v) is 1.92. The molecule has 2 N–H and O–H groups in total. The van der Waals surface area contributed by atoms with Crippen molar-refractivity contribution >= 4 is 33.5 Å². The van der Waals surface area contributed by atoms with Gasteiger partial charge in [-0.2, -0.15) is 5.26 Å². The fourth-order valence-electron chi connectivity index (χ4n) is 1.56. The lowest BCUT2D eigenvalue weighted by Gasteiger charge is -2.17. The molecule has 0 radical (unpaired) electrons. The number of nitriles is 1. The third kappa shape index (κ3) is 4.55. The van der Waals surface area contributed by atoms with E-state index in [0.717, 1.165) is 4.47 Å². The van der Waals surface area contributed by atoms with Crippen LogP contribution in [0.2, 0.25) is 0 Å². The molecule has 1 aromatic rings. The Morgan fingerprint density at radius 2 is 2.20 bits per heavy atom. The molecule has 0 saturated carbocycles. The number of amides is 1. The van der Waals surface area contributed by atoms with Gasteiger partial charge in [-0.25, -0.2) is 4.79 Å². The van der Waals surface area contributed by atoms with Gasteiger partial charge in [0.2, 0.25) is 5.91 Å². The first-order valence-corrected chi connectivity index (χ1v) is 6.55. The molecule has 0 spiro atoms. The van der Waals surface area contributed by atoms with Gasteiger partial charge in [-0.05, 0) is 18.2 Å². The van der Waals surface area contributed by atoms with Gasteiger partial charge < -0.3 is 15.4 Å².